The molecular weight excluding hydrogens is 248 g/mol. The summed E-state index contributed by atoms with van der Waals surface area (Å²) in [7, 11) is 0. The number of rotatable bonds is 10. The molecule has 0 bridgehead atoms. The molecule has 1 atom stereocenters. The molecule has 0 heterocycles. The fraction of sp³-hybridized carbons (Fsp3) is 0.692. The molecule has 0 fully saturated rings. The average Bonchev–Trinajstić information content (AvgIpc) is 2.36. The van der Waals surface area contributed by atoms with Crippen LogP contribution in [0.2, 0.25) is 0 Å². The first-order valence-corrected chi connectivity index (χ1v) is 6.47. The third kappa shape index (κ3) is 9.07. The molecule has 110 valence electrons. The molecule has 0 rings (SSSR count). The van der Waals surface area contributed by atoms with Crippen LogP contribution in [0.4, 0.5) is 4.79 Å². The van der Waals surface area contributed by atoms with Gasteiger partial charge in [0.1, 0.15) is 0 Å². The number of urea groups is 1. The molecule has 0 aliphatic rings. The lowest BCUT2D eigenvalue weighted by Crippen LogP contribution is -2.42. The fourth-order valence-electron chi connectivity index (χ4n) is 1.60. The van der Waals surface area contributed by atoms with Gasteiger partial charge in [0, 0.05) is 26.1 Å². The highest BCUT2D eigenvalue weighted by Crippen LogP contribution is 2.09. The minimum absolute atomic E-state index is 0.0870. The van der Waals surface area contributed by atoms with Crippen molar-refractivity contribution in [2.24, 2.45) is 5.92 Å². The van der Waals surface area contributed by atoms with Crippen LogP contribution in [-0.2, 0) is 4.79 Å². The van der Waals surface area contributed by atoms with Crippen molar-refractivity contribution in [1.82, 2.24) is 10.2 Å². The van der Waals surface area contributed by atoms with Gasteiger partial charge in [-0.15, -0.1) is 6.58 Å². The van der Waals surface area contributed by atoms with Crippen LogP contribution in [0.1, 0.15) is 26.2 Å². The number of carbonyl (C=O) groups is 2. The summed E-state index contributed by atoms with van der Waals surface area (Å²) >= 11 is 0. The van der Waals surface area contributed by atoms with Gasteiger partial charge >= 0.3 is 12.0 Å². The van der Waals surface area contributed by atoms with E-state index in [1.165, 1.54) is 4.90 Å². The highest BCUT2D eigenvalue weighted by atomic mass is 16.4. The van der Waals surface area contributed by atoms with Crippen molar-refractivity contribution in [2.75, 3.05) is 26.2 Å². The Morgan fingerprint density at radius 1 is 1.42 bits per heavy atom. The summed E-state index contributed by atoms with van der Waals surface area (Å²) in [5, 5.41) is 20.1. The van der Waals surface area contributed by atoms with Crippen LogP contribution < -0.4 is 5.32 Å². The highest BCUT2D eigenvalue weighted by Gasteiger charge is 2.11. The maximum Gasteiger partial charge on any atom is 0.317 e. The lowest BCUT2D eigenvalue weighted by atomic mass is 10.0. The summed E-state index contributed by atoms with van der Waals surface area (Å²) < 4.78 is 0. The van der Waals surface area contributed by atoms with E-state index in [1.807, 2.05) is 6.92 Å². The zero-order valence-corrected chi connectivity index (χ0v) is 11.5. The molecule has 0 saturated carbocycles. The summed E-state index contributed by atoms with van der Waals surface area (Å²) in [6.45, 7) is 6.59. The second-order valence-electron chi connectivity index (χ2n) is 4.52. The number of aliphatic carboxylic acids is 1. The number of aliphatic hydroxyl groups is 1. The summed E-state index contributed by atoms with van der Waals surface area (Å²) in [5.74, 6) is -0.543. The average molecular weight is 272 g/mol. The Kier molecular flexibility index (Phi) is 9.52. The van der Waals surface area contributed by atoms with Gasteiger partial charge < -0.3 is 20.4 Å². The van der Waals surface area contributed by atoms with Gasteiger partial charge in [0.2, 0.25) is 0 Å². The van der Waals surface area contributed by atoms with Gasteiger partial charge in [0.05, 0.1) is 6.61 Å². The van der Waals surface area contributed by atoms with E-state index in [-0.39, 0.29) is 31.5 Å². The first-order chi connectivity index (χ1) is 9.01. The number of carbonyl (C=O) groups excluding carboxylic acids is 1. The Morgan fingerprint density at radius 3 is 2.63 bits per heavy atom. The van der Waals surface area contributed by atoms with E-state index in [4.69, 9.17) is 10.2 Å². The topological polar surface area (TPSA) is 89.9 Å². The zero-order chi connectivity index (χ0) is 14.7. The van der Waals surface area contributed by atoms with Gasteiger partial charge in [0.15, 0.2) is 0 Å². The molecule has 3 N–H and O–H groups in total. The van der Waals surface area contributed by atoms with Crippen LogP contribution in [0.25, 0.3) is 0 Å². The van der Waals surface area contributed by atoms with Crippen LogP contribution in [0.5, 0.6) is 0 Å². The van der Waals surface area contributed by atoms with Crippen LogP contribution in [0.15, 0.2) is 12.7 Å². The van der Waals surface area contributed by atoms with E-state index >= 15 is 0 Å². The van der Waals surface area contributed by atoms with Gasteiger partial charge in [-0.2, -0.15) is 0 Å². The van der Waals surface area contributed by atoms with E-state index < -0.39 is 5.97 Å². The van der Waals surface area contributed by atoms with Crippen molar-refractivity contribution >= 4 is 12.0 Å². The number of carboxylic acid groups (broad SMARTS) is 1. The van der Waals surface area contributed by atoms with Crippen molar-refractivity contribution in [2.45, 2.75) is 26.2 Å². The highest BCUT2D eigenvalue weighted by molar-refractivity contribution is 5.74. The maximum atomic E-state index is 11.7. The lowest BCUT2D eigenvalue weighted by molar-refractivity contribution is -0.137. The first kappa shape index (κ1) is 17.4. The van der Waals surface area contributed by atoms with E-state index in [1.54, 1.807) is 6.08 Å². The van der Waals surface area contributed by atoms with Crippen molar-refractivity contribution in [3.63, 3.8) is 0 Å². The molecule has 6 nitrogen and oxygen atoms in total. The second kappa shape index (κ2) is 10.4. The van der Waals surface area contributed by atoms with Crippen LogP contribution in [0, 0.1) is 5.92 Å². The molecule has 0 aromatic rings. The van der Waals surface area contributed by atoms with Crippen molar-refractivity contribution in [1.29, 1.82) is 0 Å². The van der Waals surface area contributed by atoms with E-state index in [9.17, 15) is 9.59 Å². The zero-order valence-electron chi connectivity index (χ0n) is 11.5. The molecule has 0 aliphatic carbocycles. The number of carboxylic acids is 1. The van der Waals surface area contributed by atoms with E-state index in [0.29, 0.717) is 19.5 Å². The normalized spacial score (nSPS) is 11.7. The minimum atomic E-state index is -0.795. The summed E-state index contributed by atoms with van der Waals surface area (Å²) in [6, 6.07) is -0.237. The quantitative estimate of drug-likeness (QED) is 0.519. The molecule has 19 heavy (non-hydrogen) atoms. The molecule has 0 aromatic heterocycles. The molecular formula is C13H24N2O4. The van der Waals surface area contributed by atoms with E-state index in [2.05, 4.69) is 11.9 Å². The Morgan fingerprint density at radius 2 is 2.11 bits per heavy atom. The predicted octanol–water partition coefficient (Wildman–Crippen LogP) is 1.07. The lowest BCUT2D eigenvalue weighted by Gasteiger charge is -2.21. The van der Waals surface area contributed by atoms with Gasteiger partial charge in [-0.25, -0.2) is 4.79 Å². The third-order valence-electron chi connectivity index (χ3n) is 2.77. The Labute approximate surface area is 114 Å². The SMILES string of the molecule is C=CCN(CCO)C(=O)NCCC(C)CCC(=O)O. The monoisotopic (exact) mass is 272 g/mol. The van der Waals surface area contributed by atoms with Crippen LogP contribution in [0.3, 0.4) is 0 Å². The standard InChI is InChI=1S/C13H24N2O4/c1-3-8-15(9-10-16)13(19)14-7-6-11(2)4-5-12(17)18/h3,11,16H,1,4-10H2,2H3,(H,14,19)(H,17,18). The van der Waals surface area contributed by atoms with Gasteiger partial charge in [-0.1, -0.05) is 13.0 Å². The maximum absolute atomic E-state index is 11.7. The third-order valence-corrected chi connectivity index (χ3v) is 2.77. The molecule has 0 aromatic carbocycles. The smallest absolute Gasteiger partial charge is 0.317 e. The van der Waals surface area contributed by atoms with Crippen LogP contribution >= 0.6 is 0 Å². The number of hydrogen-bond acceptors (Lipinski definition) is 3. The first-order valence-electron chi connectivity index (χ1n) is 6.47. The van der Waals surface area contributed by atoms with Gasteiger partial charge in [-0.3, -0.25) is 4.79 Å². The van der Waals surface area contributed by atoms with Crippen molar-refractivity contribution in [3.8, 4) is 0 Å². The molecule has 0 radical (unpaired) electrons. The fourth-order valence-corrected chi connectivity index (χ4v) is 1.60. The van der Waals surface area contributed by atoms with Crippen molar-refractivity contribution in [3.05, 3.63) is 12.7 Å². The number of nitrogens with zero attached hydrogens (tertiary/aromatic N) is 1. The van der Waals surface area contributed by atoms with Gasteiger partial charge in [-0.05, 0) is 18.8 Å². The molecule has 2 amide bonds. The summed E-state index contributed by atoms with van der Waals surface area (Å²) in [5.41, 5.74) is 0. The predicted molar refractivity (Wildman–Crippen MR) is 72.9 cm³/mol. The molecule has 0 saturated heterocycles. The number of aliphatic hydroxyl groups excluding tert-OH is 1. The largest absolute Gasteiger partial charge is 0.481 e. The Balaban J connectivity index is 3.87. The number of amides is 2. The molecule has 1 unspecified atom stereocenters. The number of nitrogens with one attached hydrogen (secondary N) is 1. The minimum Gasteiger partial charge on any atom is -0.481 e. The number of hydrogen-bond donors (Lipinski definition) is 3. The van der Waals surface area contributed by atoms with E-state index in [0.717, 1.165) is 6.42 Å². The molecule has 0 aliphatic heterocycles. The Bertz CT molecular complexity index is 294. The molecule has 0 spiro atoms. The second-order valence-corrected chi connectivity index (χ2v) is 4.52. The summed E-state index contributed by atoms with van der Waals surface area (Å²) in [4.78, 5) is 23.6. The van der Waals surface area contributed by atoms with Crippen molar-refractivity contribution < 1.29 is 19.8 Å². The summed E-state index contributed by atoms with van der Waals surface area (Å²) in [6.07, 6.45) is 3.10. The molecule has 6 heteroatoms. The van der Waals surface area contributed by atoms with Crippen LogP contribution in [-0.4, -0.2) is 53.4 Å². The Hall–Kier alpha value is -1.56. The van der Waals surface area contributed by atoms with Gasteiger partial charge in [0.25, 0.3) is 0 Å².